The molecule has 0 aromatic carbocycles. The Labute approximate surface area is 193 Å². The van der Waals surface area contributed by atoms with E-state index in [0.717, 1.165) is 0 Å². The Hall–Kier alpha value is -2.92. The number of hydrogen-bond donors (Lipinski definition) is 0. The number of thioether (sulfide) groups is 1. The summed E-state index contributed by atoms with van der Waals surface area (Å²) in [6, 6.07) is 3.29. The molecule has 10 nitrogen and oxygen atoms in total. The van der Waals surface area contributed by atoms with Crippen LogP contribution in [0.5, 0.6) is 5.75 Å². The van der Waals surface area contributed by atoms with Gasteiger partial charge < -0.3 is 18.9 Å². The third-order valence-electron chi connectivity index (χ3n) is 4.22. The van der Waals surface area contributed by atoms with E-state index < -0.39 is 41.7 Å². The molecule has 1 unspecified atom stereocenters. The van der Waals surface area contributed by atoms with Crippen LogP contribution in [0, 0.1) is 0 Å². The van der Waals surface area contributed by atoms with Gasteiger partial charge in [-0.3, -0.25) is 14.4 Å². The minimum atomic E-state index is -1.06. The highest BCUT2D eigenvalue weighted by Gasteiger charge is 2.47. The van der Waals surface area contributed by atoms with E-state index in [0.29, 0.717) is 11.3 Å². The van der Waals surface area contributed by atoms with Crippen LogP contribution in [0.15, 0.2) is 30.9 Å². The summed E-state index contributed by atoms with van der Waals surface area (Å²) >= 11 is 7.55. The van der Waals surface area contributed by atoms with Crippen LogP contribution in [0.2, 0.25) is 5.15 Å². The number of aromatic nitrogens is 3. The second-order valence-electron chi connectivity index (χ2n) is 6.73. The van der Waals surface area contributed by atoms with Gasteiger partial charge in [0.2, 0.25) is 0 Å². The zero-order valence-corrected chi connectivity index (χ0v) is 19.0. The normalized spacial score (nSPS) is 22.5. The number of carbonyl (C=O) groups excluding carboxylic acids is 3. The standard InChI is InChI=1S/C20H20ClN3O7S/c1-10(25)28-16-8-32-20(18(30-12(3)27)17(16)29-11(2)26)31-15-5-4-14(24-19(15)21)13-6-22-9-23-7-13/h4-7,9,16-18,20H,8H2,1-3H3/t16-,17+,18-,20?/m1/s1. The molecule has 2 aromatic rings. The fraction of sp³-hybridized carbons (Fsp3) is 0.400. The molecule has 0 aliphatic carbocycles. The predicted molar refractivity (Wildman–Crippen MR) is 114 cm³/mol. The van der Waals surface area contributed by atoms with Crippen molar-refractivity contribution in [3.8, 4) is 17.0 Å². The Morgan fingerprint density at radius 3 is 2.19 bits per heavy atom. The second-order valence-corrected chi connectivity index (χ2v) is 8.22. The number of rotatable bonds is 6. The van der Waals surface area contributed by atoms with Crippen LogP contribution in [0.4, 0.5) is 0 Å². The number of hydrogen-bond acceptors (Lipinski definition) is 11. The predicted octanol–water partition coefficient (Wildman–Crippen LogP) is 2.44. The highest BCUT2D eigenvalue weighted by atomic mass is 35.5. The number of esters is 3. The maximum atomic E-state index is 11.8. The molecule has 0 saturated carbocycles. The number of pyridine rings is 1. The third kappa shape index (κ3) is 6.07. The molecule has 0 spiro atoms. The van der Waals surface area contributed by atoms with Crippen molar-refractivity contribution < 1.29 is 33.3 Å². The van der Waals surface area contributed by atoms with Gasteiger partial charge in [-0.05, 0) is 12.1 Å². The molecule has 0 N–H and O–H groups in total. The quantitative estimate of drug-likeness (QED) is 0.343. The zero-order valence-electron chi connectivity index (χ0n) is 17.4. The smallest absolute Gasteiger partial charge is 0.303 e. The second kappa shape index (κ2) is 10.6. The van der Waals surface area contributed by atoms with Gasteiger partial charge in [-0.1, -0.05) is 11.6 Å². The number of ether oxygens (including phenoxy) is 4. The molecule has 1 aliphatic heterocycles. The van der Waals surface area contributed by atoms with Gasteiger partial charge in [0.1, 0.15) is 6.33 Å². The van der Waals surface area contributed by atoms with Crippen LogP contribution < -0.4 is 4.74 Å². The molecule has 3 rings (SSSR count). The van der Waals surface area contributed by atoms with Crippen LogP contribution in [-0.4, -0.2) is 62.4 Å². The Kier molecular flexibility index (Phi) is 7.86. The van der Waals surface area contributed by atoms with Gasteiger partial charge >= 0.3 is 17.9 Å². The van der Waals surface area contributed by atoms with E-state index in [1.165, 1.54) is 38.9 Å². The van der Waals surface area contributed by atoms with Gasteiger partial charge in [0, 0.05) is 44.5 Å². The molecule has 12 heteroatoms. The third-order valence-corrected chi connectivity index (χ3v) is 5.70. The van der Waals surface area contributed by atoms with Gasteiger partial charge in [-0.25, -0.2) is 15.0 Å². The number of nitrogens with zero attached hydrogens (tertiary/aromatic N) is 3. The molecule has 1 fully saturated rings. The zero-order chi connectivity index (χ0) is 23.3. The molecule has 3 heterocycles. The van der Waals surface area contributed by atoms with E-state index in [1.54, 1.807) is 24.5 Å². The SMILES string of the molecule is CC(=O)O[C@H]1[C@H](OC(C)=O)CSC(Oc2ccc(-c3cncnc3)nc2Cl)[C@@H]1OC(C)=O. The van der Waals surface area contributed by atoms with Crippen molar-refractivity contribution in [3.63, 3.8) is 0 Å². The summed E-state index contributed by atoms with van der Waals surface area (Å²) in [5.41, 5.74) is 0.411. The highest BCUT2D eigenvalue weighted by molar-refractivity contribution is 7.99. The largest absolute Gasteiger partial charge is 0.472 e. The van der Waals surface area contributed by atoms with Crippen molar-refractivity contribution in [3.05, 3.63) is 36.0 Å². The van der Waals surface area contributed by atoms with Gasteiger partial charge in [0.15, 0.2) is 34.7 Å². The fourth-order valence-corrected chi connectivity index (χ4v) is 4.44. The molecule has 4 atom stereocenters. The van der Waals surface area contributed by atoms with Crippen LogP contribution >= 0.6 is 23.4 Å². The summed E-state index contributed by atoms with van der Waals surface area (Å²) in [6.07, 6.45) is 1.66. The molecule has 0 amide bonds. The molecule has 170 valence electrons. The minimum absolute atomic E-state index is 0.0691. The maximum Gasteiger partial charge on any atom is 0.303 e. The summed E-state index contributed by atoms with van der Waals surface area (Å²) in [5.74, 6) is -1.32. The lowest BCUT2D eigenvalue weighted by atomic mass is 10.1. The van der Waals surface area contributed by atoms with Crippen molar-refractivity contribution in [2.45, 2.75) is 44.5 Å². The average Bonchev–Trinajstić information content (AvgIpc) is 2.73. The van der Waals surface area contributed by atoms with Crippen molar-refractivity contribution in [1.82, 2.24) is 15.0 Å². The first-order chi connectivity index (χ1) is 15.2. The summed E-state index contributed by atoms with van der Waals surface area (Å²) in [6.45, 7) is 3.66. The summed E-state index contributed by atoms with van der Waals surface area (Å²) < 4.78 is 22.0. The topological polar surface area (TPSA) is 127 Å². The van der Waals surface area contributed by atoms with Crippen molar-refractivity contribution in [2.24, 2.45) is 0 Å². The fourth-order valence-electron chi connectivity index (χ4n) is 3.04. The maximum absolute atomic E-state index is 11.8. The first-order valence-corrected chi connectivity index (χ1v) is 10.9. The molecule has 2 aromatic heterocycles. The molecule has 1 aliphatic rings. The number of carbonyl (C=O) groups is 3. The van der Waals surface area contributed by atoms with Gasteiger partial charge in [0.05, 0.1) is 5.69 Å². The molecule has 0 radical (unpaired) electrons. The number of halogens is 1. The molecule has 32 heavy (non-hydrogen) atoms. The van der Waals surface area contributed by atoms with Crippen LogP contribution in [0.1, 0.15) is 20.8 Å². The molecular weight excluding hydrogens is 462 g/mol. The Balaban J connectivity index is 1.86. The van der Waals surface area contributed by atoms with E-state index in [1.807, 2.05) is 0 Å². The van der Waals surface area contributed by atoms with E-state index in [-0.39, 0.29) is 16.7 Å². The Morgan fingerprint density at radius 1 is 0.969 bits per heavy atom. The van der Waals surface area contributed by atoms with E-state index in [4.69, 9.17) is 30.5 Å². The van der Waals surface area contributed by atoms with E-state index in [9.17, 15) is 14.4 Å². The van der Waals surface area contributed by atoms with E-state index in [2.05, 4.69) is 15.0 Å². The van der Waals surface area contributed by atoms with Gasteiger partial charge in [0.25, 0.3) is 0 Å². The molecule has 1 saturated heterocycles. The first kappa shape index (κ1) is 23.7. The monoisotopic (exact) mass is 481 g/mol. The van der Waals surface area contributed by atoms with Crippen molar-refractivity contribution >= 4 is 41.3 Å². The molecule has 0 bridgehead atoms. The van der Waals surface area contributed by atoms with Crippen molar-refractivity contribution in [2.75, 3.05) is 5.75 Å². The van der Waals surface area contributed by atoms with Crippen LogP contribution in [0.3, 0.4) is 0 Å². The lowest BCUT2D eigenvalue weighted by Crippen LogP contribution is -2.55. The van der Waals surface area contributed by atoms with Crippen LogP contribution in [0.25, 0.3) is 11.3 Å². The van der Waals surface area contributed by atoms with Gasteiger partial charge in [-0.15, -0.1) is 11.8 Å². The van der Waals surface area contributed by atoms with Crippen molar-refractivity contribution in [1.29, 1.82) is 0 Å². The summed E-state index contributed by atoms with van der Waals surface area (Å²) in [7, 11) is 0. The van der Waals surface area contributed by atoms with Gasteiger partial charge in [-0.2, -0.15) is 0 Å². The lowest BCUT2D eigenvalue weighted by Gasteiger charge is -2.39. The Bertz CT molecular complexity index is 994. The summed E-state index contributed by atoms with van der Waals surface area (Å²) in [4.78, 5) is 47.1. The van der Waals surface area contributed by atoms with Crippen LogP contribution in [-0.2, 0) is 28.6 Å². The van der Waals surface area contributed by atoms with E-state index >= 15 is 0 Å². The minimum Gasteiger partial charge on any atom is -0.472 e. The molecular formula is C20H20ClN3O7S. The average molecular weight is 482 g/mol. The highest BCUT2D eigenvalue weighted by Crippen LogP contribution is 2.36. The summed E-state index contributed by atoms with van der Waals surface area (Å²) in [5, 5.41) is 0.0691. The first-order valence-electron chi connectivity index (χ1n) is 9.46. The Morgan fingerprint density at radius 2 is 1.59 bits per heavy atom. The lowest BCUT2D eigenvalue weighted by molar-refractivity contribution is -0.186.